The molecule has 3 heterocycles. The van der Waals surface area contributed by atoms with Gasteiger partial charge >= 0.3 is 12.1 Å². The predicted octanol–water partition coefficient (Wildman–Crippen LogP) is 3.15. The Kier molecular flexibility index (Phi) is 7.40. The van der Waals surface area contributed by atoms with Crippen LogP contribution < -0.4 is 20.1 Å². The van der Waals surface area contributed by atoms with E-state index in [9.17, 15) is 14.7 Å². The molecule has 3 amide bonds. The van der Waals surface area contributed by atoms with Crippen LogP contribution >= 0.6 is 0 Å². The summed E-state index contributed by atoms with van der Waals surface area (Å²) >= 11 is 0. The summed E-state index contributed by atoms with van der Waals surface area (Å²) in [5.41, 5.74) is -0.190. The lowest BCUT2D eigenvalue weighted by molar-refractivity contribution is 0.0476. The van der Waals surface area contributed by atoms with E-state index >= 15 is 0 Å². The number of para-hydroxylation sites is 2. The number of piperidine rings is 2. The first-order chi connectivity index (χ1) is 16.2. The van der Waals surface area contributed by atoms with E-state index in [0.29, 0.717) is 26.0 Å². The van der Waals surface area contributed by atoms with Crippen molar-refractivity contribution in [2.45, 2.75) is 70.7 Å². The summed E-state index contributed by atoms with van der Waals surface area (Å²) in [7, 11) is 0. The van der Waals surface area contributed by atoms with E-state index < -0.39 is 6.09 Å². The van der Waals surface area contributed by atoms with E-state index in [1.165, 1.54) is 4.90 Å². The number of nitrogens with zero attached hydrogens (tertiary/aromatic N) is 2. The number of carbonyl (C=O) groups excluding carboxylic acids is 1. The summed E-state index contributed by atoms with van der Waals surface area (Å²) in [5.74, 6) is 1.57. The number of hydrogen-bond acceptors (Lipinski definition) is 5. The quantitative estimate of drug-likeness (QED) is 0.620. The number of urea groups is 1. The van der Waals surface area contributed by atoms with Crippen molar-refractivity contribution < 1.29 is 24.2 Å². The molecule has 3 aliphatic heterocycles. The third-order valence-corrected chi connectivity index (χ3v) is 7.05. The Morgan fingerprint density at radius 3 is 2.56 bits per heavy atom. The van der Waals surface area contributed by atoms with Crippen LogP contribution in [0.25, 0.3) is 0 Å². The fourth-order valence-corrected chi connectivity index (χ4v) is 5.34. The van der Waals surface area contributed by atoms with Crippen molar-refractivity contribution in [1.29, 1.82) is 0 Å². The van der Waals surface area contributed by atoms with Gasteiger partial charge in [0.2, 0.25) is 0 Å². The van der Waals surface area contributed by atoms with Crippen LogP contribution in [-0.2, 0) is 0 Å². The average Bonchev–Trinajstić information content (AvgIpc) is 2.78. The van der Waals surface area contributed by atoms with Crippen LogP contribution in [0.4, 0.5) is 9.59 Å². The SMILES string of the molecule is CC(C)(C)C1CC(NC(=O)N[C@H]2CCCN(C[C@H]3COc4ccccc4O3)C2)CCN1C(=O)O. The Hall–Kier alpha value is -2.68. The molecule has 0 saturated carbocycles. The van der Waals surface area contributed by atoms with E-state index in [2.05, 4.69) is 15.5 Å². The lowest BCUT2D eigenvalue weighted by Crippen LogP contribution is -2.58. The van der Waals surface area contributed by atoms with Crippen molar-refractivity contribution in [3.05, 3.63) is 24.3 Å². The number of ether oxygens (including phenoxy) is 2. The Labute approximate surface area is 201 Å². The third kappa shape index (κ3) is 6.05. The van der Waals surface area contributed by atoms with E-state index in [0.717, 1.165) is 44.0 Å². The van der Waals surface area contributed by atoms with Gasteiger partial charge in [-0.25, -0.2) is 9.59 Å². The van der Waals surface area contributed by atoms with E-state index in [4.69, 9.17) is 9.47 Å². The molecule has 1 aromatic rings. The van der Waals surface area contributed by atoms with Crippen LogP contribution in [0.15, 0.2) is 24.3 Å². The largest absolute Gasteiger partial charge is 0.486 e. The van der Waals surface area contributed by atoms with Gasteiger partial charge in [0.25, 0.3) is 0 Å². The van der Waals surface area contributed by atoms with Gasteiger partial charge in [-0.1, -0.05) is 32.9 Å². The summed E-state index contributed by atoms with van der Waals surface area (Å²) in [4.78, 5) is 28.3. The minimum atomic E-state index is -0.888. The van der Waals surface area contributed by atoms with Crippen LogP contribution in [-0.4, -0.2) is 84.0 Å². The Bertz CT molecular complexity index is 873. The van der Waals surface area contributed by atoms with E-state index in [-0.39, 0.29) is 35.7 Å². The second-order valence-electron chi connectivity index (χ2n) is 10.8. The highest BCUT2D eigenvalue weighted by molar-refractivity contribution is 5.74. The highest BCUT2D eigenvalue weighted by atomic mass is 16.6. The molecule has 3 aliphatic rings. The maximum atomic E-state index is 12.8. The lowest BCUT2D eigenvalue weighted by atomic mass is 9.79. The van der Waals surface area contributed by atoms with Gasteiger partial charge in [0, 0.05) is 37.8 Å². The zero-order chi connectivity index (χ0) is 24.3. The molecule has 4 atom stereocenters. The minimum Gasteiger partial charge on any atom is -0.486 e. The van der Waals surface area contributed by atoms with Gasteiger partial charge in [-0.2, -0.15) is 0 Å². The van der Waals surface area contributed by atoms with Gasteiger partial charge < -0.3 is 30.1 Å². The molecule has 34 heavy (non-hydrogen) atoms. The van der Waals surface area contributed by atoms with Gasteiger partial charge in [0.05, 0.1) is 0 Å². The Balaban J connectivity index is 1.25. The first kappa shape index (κ1) is 24.4. The van der Waals surface area contributed by atoms with Crippen LogP contribution in [0.2, 0.25) is 0 Å². The zero-order valence-electron chi connectivity index (χ0n) is 20.5. The first-order valence-electron chi connectivity index (χ1n) is 12.4. The van der Waals surface area contributed by atoms with Gasteiger partial charge in [0.1, 0.15) is 12.7 Å². The van der Waals surface area contributed by atoms with Gasteiger partial charge in [-0.15, -0.1) is 0 Å². The topological polar surface area (TPSA) is 103 Å². The van der Waals surface area contributed by atoms with Crippen LogP contribution in [0.1, 0.15) is 46.5 Å². The predicted molar refractivity (Wildman–Crippen MR) is 128 cm³/mol. The maximum absolute atomic E-state index is 12.8. The number of carboxylic acid groups (broad SMARTS) is 1. The molecule has 3 N–H and O–H groups in total. The molecule has 9 heteroatoms. The summed E-state index contributed by atoms with van der Waals surface area (Å²) in [6.07, 6.45) is 2.29. The number of amides is 3. The molecule has 0 spiro atoms. The summed E-state index contributed by atoms with van der Waals surface area (Å²) in [6, 6.07) is 7.47. The monoisotopic (exact) mass is 474 g/mol. The van der Waals surface area contributed by atoms with Crippen molar-refractivity contribution in [2.75, 3.05) is 32.8 Å². The minimum absolute atomic E-state index is 0.0313. The fourth-order valence-electron chi connectivity index (χ4n) is 5.34. The fraction of sp³-hybridized carbons (Fsp3) is 0.680. The Morgan fingerprint density at radius 1 is 1.09 bits per heavy atom. The number of benzene rings is 1. The second-order valence-corrected chi connectivity index (χ2v) is 10.8. The van der Waals surface area contributed by atoms with Crippen molar-refractivity contribution in [3.63, 3.8) is 0 Å². The summed E-state index contributed by atoms with van der Waals surface area (Å²) in [5, 5.41) is 15.8. The summed E-state index contributed by atoms with van der Waals surface area (Å²) < 4.78 is 11.9. The maximum Gasteiger partial charge on any atom is 0.407 e. The smallest absolute Gasteiger partial charge is 0.407 e. The normalized spacial score (nSPS) is 27.7. The first-order valence-corrected chi connectivity index (χ1v) is 12.4. The summed E-state index contributed by atoms with van der Waals surface area (Å²) in [6.45, 7) is 9.61. The molecular formula is C25H38N4O5. The molecule has 4 rings (SSSR count). The number of rotatable bonds is 4. The van der Waals surface area contributed by atoms with Gasteiger partial charge in [-0.3, -0.25) is 4.90 Å². The number of hydrogen-bond donors (Lipinski definition) is 3. The number of likely N-dealkylation sites (tertiary alicyclic amines) is 2. The molecule has 0 radical (unpaired) electrons. The number of nitrogens with one attached hydrogen (secondary N) is 2. The van der Waals surface area contributed by atoms with Crippen LogP contribution in [0, 0.1) is 5.41 Å². The molecule has 1 aromatic carbocycles. The third-order valence-electron chi connectivity index (χ3n) is 7.05. The zero-order valence-corrected chi connectivity index (χ0v) is 20.5. The second kappa shape index (κ2) is 10.3. The van der Waals surface area contributed by atoms with Crippen molar-refractivity contribution in [3.8, 4) is 11.5 Å². The molecular weight excluding hydrogens is 436 g/mol. The lowest BCUT2D eigenvalue weighted by Gasteiger charge is -2.44. The van der Waals surface area contributed by atoms with Crippen molar-refractivity contribution in [2.24, 2.45) is 5.41 Å². The van der Waals surface area contributed by atoms with Crippen LogP contribution in [0.3, 0.4) is 0 Å². The number of carbonyl (C=O) groups is 2. The molecule has 0 aromatic heterocycles. The number of fused-ring (bicyclic) bond motifs is 1. The van der Waals surface area contributed by atoms with Crippen molar-refractivity contribution in [1.82, 2.24) is 20.4 Å². The molecule has 188 valence electrons. The Morgan fingerprint density at radius 2 is 1.82 bits per heavy atom. The highest BCUT2D eigenvalue weighted by Gasteiger charge is 2.39. The van der Waals surface area contributed by atoms with Crippen molar-refractivity contribution >= 4 is 12.1 Å². The van der Waals surface area contributed by atoms with Gasteiger partial charge in [-0.05, 0) is 49.8 Å². The molecule has 2 saturated heterocycles. The van der Waals surface area contributed by atoms with Gasteiger partial charge in [0.15, 0.2) is 11.5 Å². The standard InChI is InChI=1S/C25H38N4O5/c1-25(2,3)22-13-17(10-12-29(22)24(31)32)26-23(30)27-18-7-6-11-28(14-18)15-19-16-33-20-8-4-5-9-21(20)34-19/h4-5,8-9,17-19,22H,6-7,10-16H2,1-3H3,(H,31,32)(H2,26,27,30)/t17?,18-,19-,22?/m0/s1. The highest BCUT2D eigenvalue weighted by Crippen LogP contribution is 2.33. The van der Waals surface area contributed by atoms with Crippen LogP contribution in [0.5, 0.6) is 11.5 Å². The molecule has 0 aliphatic carbocycles. The van der Waals surface area contributed by atoms with E-state index in [1.807, 2.05) is 45.0 Å². The molecule has 0 bridgehead atoms. The average molecular weight is 475 g/mol. The molecule has 2 unspecified atom stereocenters. The molecule has 2 fully saturated rings. The molecule has 9 nitrogen and oxygen atoms in total. The van der Waals surface area contributed by atoms with E-state index in [1.54, 1.807) is 0 Å².